The van der Waals surface area contributed by atoms with Crippen LogP contribution >= 0.6 is 0 Å². The molecule has 4 aliphatic heterocycles. The summed E-state index contributed by atoms with van der Waals surface area (Å²) in [6.07, 6.45) is 11.2. The molecule has 6 heterocycles. The number of benzene rings is 2. The monoisotopic (exact) mass is 544 g/mol. The Labute approximate surface area is 237 Å². The van der Waals surface area contributed by atoms with Gasteiger partial charge >= 0.3 is 0 Å². The van der Waals surface area contributed by atoms with Gasteiger partial charge in [-0.15, -0.1) is 16.6 Å². The van der Waals surface area contributed by atoms with Crippen LogP contribution < -0.4 is 16.0 Å². The first kappa shape index (κ1) is 24.5. The average Bonchev–Trinajstić information content (AvgIpc) is 3.77. The highest BCUT2D eigenvalue weighted by Crippen LogP contribution is 2.39. The van der Waals surface area contributed by atoms with E-state index in [9.17, 15) is 0 Å². The number of nitrogen functional groups attached to an aromatic ring is 1. The first-order valence-corrected chi connectivity index (χ1v) is 14.3. The molecule has 2 aromatic heterocycles. The van der Waals surface area contributed by atoms with Crippen molar-refractivity contribution in [3.05, 3.63) is 47.5 Å². The minimum Gasteiger partial charge on any atom is -0.399 e. The van der Waals surface area contributed by atoms with Crippen LogP contribution in [-0.4, -0.2) is 68.9 Å². The van der Waals surface area contributed by atoms with Gasteiger partial charge in [-0.05, 0) is 74.7 Å². The van der Waals surface area contributed by atoms with Crippen LogP contribution in [0.4, 0.5) is 15.9 Å². The lowest BCUT2D eigenvalue weighted by Crippen LogP contribution is -2.44. The van der Waals surface area contributed by atoms with Crippen molar-refractivity contribution in [2.45, 2.75) is 49.7 Å². The van der Waals surface area contributed by atoms with Crippen LogP contribution in [-0.2, 0) is 0 Å². The molecule has 204 valence electrons. The maximum absolute atomic E-state index is 16.7. The predicted molar refractivity (Wildman–Crippen MR) is 158 cm³/mol. The van der Waals surface area contributed by atoms with Gasteiger partial charge in [-0.25, -0.2) is 14.4 Å². The molecule has 4 aromatic rings. The van der Waals surface area contributed by atoms with E-state index in [-0.39, 0.29) is 22.8 Å². The standard InChI is InChI=1S/C32H29FN8/c1-2-19-6-3-7-20-14-21(34)15-24(26(19)20)28-27(33)29-30(39-38-28)31(41-18-22-16-23(41)17-35-22)37-25(36-29)8-11-32-9-4-12-40(32)13-5-10-32/h1,3,6-7,14-15,22-23,35H,4-5,9-10,12-13,16-18,34H2/t22-,23-/m1/s1. The van der Waals surface area contributed by atoms with E-state index >= 15 is 4.39 Å². The average molecular weight is 545 g/mol. The van der Waals surface area contributed by atoms with Crippen molar-refractivity contribution >= 4 is 33.3 Å². The fourth-order valence-electron chi connectivity index (χ4n) is 7.43. The number of terminal acetylenes is 1. The summed E-state index contributed by atoms with van der Waals surface area (Å²) in [6.45, 7) is 3.78. The minimum absolute atomic E-state index is 0.0574. The van der Waals surface area contributed by atoms with Crippen LogP contribution in [0.15, 0.2) is 30.3 Å². The van der Waals surface area contributed by atoms with Crippen molar-refractivity contribution in [3.63, 3.8) is 0 Å². The van der Waals surface area contributed by atoms with Crippen LogP contribution in [0.25, 0.3) is 33.1 Å². The molecule has 0 amide bonds. The molecule has 0 spiro atoms. The molecule has 8 rings (SSSR count). The molecular formula is C32H29FN8. The third kappa shape index (κ3) is 3.77. The highest BCUT2D eigenvalue weighted by molar-refractivity contribution is 6.03. The van der Waals surface area contributed by atoms with Crippen molar-refractivity contribution in [1.29, 1.82) is 0 Å². The van der Waals surface area contributed by atoms with Gasteiger partial charge in [0.15, 0.2) is 17.2 Å². The summed E-state index contributed by atoms with van der Waals surface area (Å²) in [4.78, 5) is 14.3. The van der Waals surface area contributed by atoms with Crippen molar-refractivity contribution < 1.29 is 4.39 Å². The van der Waals surface area contributed by atoms with Crippen molar-refractivity contribution in [1.82, 2.24) is 30.4 Å². The van der Waals surface area contributed by atoms with Gasteiger partial charge in [0.25, 0.3) is 0 Å². The summed E-state index contributed by atoms with van der Waals surface area (Å²) in [7, 11) is 0. The second-order valence-corrected chi connectivity index (χ2v) is 11.7. The number of nitrogens with one attached hydrogen (secondary N) is 1. The molecule has 41 heavy (non-hydrogen) atoms. The molecule has 2 bridgehead atoms. The Bertz CT molecular complexity index is 1840. The highest BCUT2D eigenvalue weighted by Gasteiger charge is 2.43. The van der Waals surface area contributed by atoms with E-state index < -0.39 is 5.82 Å². The van der Waals surface area contributed by atoms with Crippen LogP contribution in [0.2, 0.25) is 0 Å². The van der Waals surface area contributed by atoms with Gasteiger partial charge in [-0.2, -0.15) is 0 Å². The normalized spacial score (nSPS) is 22.7. The largest absolute Gasteiger partial charge is 0.399 e. The molecule has 0 saturated carbocycles. The lowest BCUT2D eigenvalue weighted by molar-refractivity contribution is 0.261. The van der Waals surface area contributed by atoms with E-state index in [0.29, 0.717) is 45.4 Å². The second kappa shape index (κ2) is 9.10. The molecule has 0 unspecified atom stereocenters. The Morgan fingerprint density at radius 2 is 1.95 bits per heavy atom. The molecule has 2 atom stereocenters. The minimum atomic E-state index is -0.579. The number of hydrogen-bond acceptors (Lipinski definition) is 8. The van der Waals surface area contributed by atoms with Gasteiger partial charge in [0, 0.05) is 47.4 Å². The lowest BCUT2D eigenvalue weighted by Gasteiger charge is -2.29. The number of hydrogen-bond donors (Lipinski definition) is 2. The Kier molecular flexibility index (Phi) is 5.44. The van der Waals surface area contributed by atoms with Gasteiger partial charge in [-0.3, -0.25) is 4.90 Å². The number of anilines is 2. The first-order chi connectivity index (χ1) is 20.0. The summed E-state index contributed by atoms with van der Waals surface area (Å²) in [5.41, 5.74) is 8.23. The van der Waals surface area contributed by atoms with Gasteiger partial charge < -0.3 is 16.0 Å². The van der Waals surface area contributed by atoms with Crippen LogP contribution in [0, 0.1) is 30.0 Å². The third-order valence-corrected chi connectivity index (χ3v) is 9.32. The van der Waals surface area contributed by atoms with Crippen molar-refractivity contribution in [2.75, 3.05) is 36.8 Å². The molecule has 3 N–H and O–H groups in total. The van der Waals surface area contributed by atoms with Crippen molar-refractivity contribution in [3.8, 4) is 35.4 Å². The zero-order chi connectivity index (χ0) is 27.7. The fraction of sp³-hybridized carbons (Fsp3) is 0.375. The van der Waals surface area contributed by atoms with E-state index in [2.05, 4.69) is 48.1 Å². The molecule has 4 saturated heterocycles. The predicted octanol–water partition coefficient (Wildman–Crippen LogP) is 3.47. The number of nitrogens with zero attached hydrogens (tertiary/aromatic N) is 6. The van der Waals surface area contributed by atoms with Crippen LogP contribution in [0.1, 0.15) is 43.5 Å². The molecule has 4 aliphatic rings. The SMILES string of the molecule is C#Cc1cccc2cc(N)cc(-c3nnc4c(N5C[C@H]6C[C@@H]5CN6)nc(C#CC56CCCN5CCC6)nc4c3F)c12. The molecule has 2 aromatic carbocycles. The van der Waals surface area contributed by atoms with Crippen LogP contribution in [0.5, 0.6) is 0 Å². The Balaban J connectivity index is 1.34. The number of fused-ring (bicyclic) bond motifs is 5. The van der Waals surface area contributed by atoms with E-state index in [4.69, 9.17) is 17.1 Å². The zero-order valence-electron chi connectivity index (χ0n) is 22.6. The fourth-order valence-corrected chi connectivity index (χ4v) is 7.43. The van der Waals surface area contributed by atoms with Gasteiger partial charge in [0.05, 0.1) is 5.54 Å². The van der Waals surface area contributed by atoms with Gasteiger partial charge in [0.2, 0.25) is 5.82 Å². The summed E-state index contributed by atoms with van der Waals surface area (Å²) < 4.78 is 16.7. The van der Waals surface area contributed by atoms with Gasteiger partial charge in [0.1, 0.15) is 11.2 Å². The maximum Gasteiger partial charge on any atom is 0.207 e. The van der Waals surface area contributed by atoms with Crippen molar-refractivity contribution in [2.24, 2.45) is 0 Å². The quantitative estimate of drug-likeness (QED) is 0.293. The number of halogens is 1. The second-order valence-electron chi connectivity index (χ2n) is 11.7. The number of nitrogens with two attached hydrogens (primary N) is 1. The smallest absolute Gasteiger partial charge is 0.207 e. The Hall–Kier alpha value is -4.31. The summed E-state index contributed by atoms with van der Waals surface area (Å²) in [6, 6.07) is 9.76. The molecule has 0 radical (unpaired) electrons. The highest BCUT2D eigenvalue weighted by atomic mass is 19.1. The Morgan fingerprint density at radius 3 is 2.71 bits per heavy atom. The molecule has 0 aliphatic carbocycles. The maximum atomic E-state index is 16.7. The van der Waals surface area contributed by atoms with E-state index in [0.717, 1.165) is 63.7 Å². The topological polar surface area (TPSA) is 96.1 Å². The number of rotatable bonds is 2. The molecule has 8 nitrogen and oxygen atoms in total. The summed E-state index contributed by atoms with van der Waals surface area (Å²) in [5.74, 6) is 9.85. The van der Waals surface area contributed by atoms with E-state index in [1.54, 1.807) is 6.07 Å². The number of aromatic nitrogens is 4. The van der Waals surface area contributed by atoms with Gasteiger partial charge in [-0.1, -0.05) is 24.0 Å². The number of piperazine rings is 1. The molecule has 4 fully saturated rings. The molecule has 9 heteroatoms. The van der Waals surface area contributed by atoms with Crippen LogP contribution in [0.3, 0.4) is 0 Å². The van der Waals surface area contributed by atoms with E-state index in [1.807, 2.05) is 24.3 Å². The molecular weight excluding hydrogens is 515 g/mol. The third-order valence-electron chi connectivity index (χ3n) is 9.32. The summed E-state index contributed by atoms with van der Waals surface area (Å²) >= 11 is 0. The van der Waals surface area contributed by atoms with E-state index in [1.165, 1.54) is 0 Å². The Morgan fingerprint density at radius 1 is 1.10 bits per heavy atom. The summed E-state index contributed by atoms with van der Waals surface area (Å²) in [5, 5.41) is 14.0. The first-order valence-electron chi connectivity index (χ1n) is 14.3. The zero-order valence-corrected chi connectivity index (χ0v) is 22.6. The lowest BCUT2D eigenvalue weighted by atomic mass is 9.95.